The van der Waals surface area contributed by atoms with Crippen molar-refractivity contribution in [2.24, 2.45) is 0 Å². The molecule has 6 atom stereocenters. The highest BCUT2D eigenvalue weighted by molar-refractivity contribution is 7.80. The molecule has 0 spiro atoms. The normalized spacial score (nSPS) is 19.9. The number of ether oxygens (including phenoxy) is 4. The number of aliphatic hydroxyl groups excluding tert-OH is 3. The molecule has 0 aromatic rings. The molecule has 0 aromatic carbocycles. The summed E-state index contributed by atoms with van der Waals surface area (Å²) in [5.41, 5.74) is 0. The van der Waals surface area contributed by atoms with Crippen LogP contribution >= 0.6 is 0 Å². The van der Waals surface area contributed by atoms with E-state index in [9.17, 15) is 33.1 Å². The van der Waals surface area contributed by atoms with Crippen molar-refractivity contribution < 1.29 is 56.2 Å². The van der Waals surface area contributed by atoms with E-state index in [1.807, 2.05) is 0 Å². The standard InChI is InChI=1S/C54H96O12S/c1-3-5-7-9-11-13-15-17-19-21-23-24-25-27-29-31-33-35-37-39-41-43-50(56)64-48(47-63-54-52(58)53(66-67(59,60)61)51(57)49(45-55)65-54)46-62-44-42-40-38-36-34-32-30-28-26-22-20-18-16-14-12-10-8-6-4-2/h14-17,20-23,25,27,48-49,51-55,57-58H,3-13,18-19,24,26,28-47H2,1-2H3,(H,59,60,61)/b16-14-,17-15-,22-20-,23-21-,27-25-. The van der Waals surface area contributed by atoms with Crippen molar-refractivity contribution in [2.45, 2.75) is 250 Å². The molecule has 0 bridgehead atoms. The second kappa shape index (κ2) is 45.0. The lowest BCUT2D eigenvalue weighted by Gasteiger charge is -2.41. The molecular weight excluding hydrogens is 873 g/mol. The summed E-state index contributed by atoms with van der Waals surface area (Å²) in [4.78, 5) is 12.9. The van der Waals surface area contributed by atoms with E-state index < -0.39 is 59.8 Å². The van der Waals surface area contributed by atoms with Gasteiger partial charge in [-0.25, -0.2) is 4.18 Å². The van der Waals surface area contributed by atoms with Gasteiger partial charge in [-0.05, 0) is 83.5 Å². The summed E-state index contributed by atoms with van der Waals surface area (Å²) < 4.78 is 59.3. The van der Waals surface area contributed by atoms with Crippen molar-refractivity contribution in [2.75, 3.05) is 26.4 Å². The Morgan fingerprint density at radius 3 is 1.45 bits per heavy atom. The Bertz CT molecular complexity index is 1400. The lowest BCUT2D eigenvalue weighted by atomic mass is 9.99. The van der Waals surface area contributed by atoms with Crippen molar-refractivity contribution in [3.63, 3.8) is 0 Å². The van der Waals surface area contributed by atoms with Crippen LogP contribution in [0.1, 0.15) is 213 Å². The van der Waals surface area contributed by atoms with Gasteiger partial charge in [0.2, 0.25) is 0 Å². The number of unbranched alkanes of at least 4 members (excludes halogenated alkanes) is 23. The molecule has 13 heteroatoms. The maximum atomic E-state index is 12.9. The zero-order chi connectivity index (χ0) is 48.9. The van der Waals surface area contributed by atoms with Gasteiger partial charge in [0.05, 0.1) is 19.8 Å². The fourth-order valence-electron chi connectivity index (χ4n) is 7.83. The Morgan fingerprint density at radius 2 is 0.985 bits per heavy atom. The summed E-state index contributed by atoms with van der Waals surface area (Å²) in [7, 11) is -5.07. The van der Waals surface area contributed by atoms with Gasteiger partial charge in [-0.3, -0.25) is 9.35 Å². The van der Waals surface area contributed by atoms with E-state index in [-0.39, 0.29) is 19.6 Å². The van der Waals surface area contributed by atoms with Crippen molar-refractivity contribution >= 4 is 16.4 Å². The quantitative estimate of drug-likeness (QED) is 0.0197. The molecule has 1 rings (SSSR count). The molecule has 12 nitrogen and oxygen atoms in total. The smallest absolute Gasteiger partial charge is 0.397 e. The highest BCUT2D eigenvalue weighted by Gasteiger charge is 2.48. The second-order valence-corrected chi connectivity index (χ2v) is 19.2. The number of rotatable bonds is 46. The fraction of sp³-hybridized carbons (Fsp3) is 0.796. The molecule has 1 fully saturated rings. The van der Waals surface area contributed by atoms with E-state index in [0.29, 0.717) is 13.0 Å². The van der Waals surface area contributed by atoms with Gasteiger partial charge in [0.25, 0.3) is 0 Å². The van der Waals surface area contributed by atoms with Crippen LogP contribution in [-0.2, 0) is 38.3 Å². The first-order valence-corrected chi connectivity index (χ1v) is 27.9. The van der Waals surface area contributed by atoms with Crippen LogP contribution in [0, 0.1) is 0 Å². The molecule has 390 valence electrons. The number of allylic oxidation sites excluding steroid dienone is 10. The molecule has 1 aliphatic heterocycles. The van der Waals surface area contributed by atoms with Gasteiger partial charge in [0.15, 0.2) is 6.29 Å². The Balaban J connectivity index is 2.37. The van der Waals surface area contributed by atoms with Gasteiger partial charge in [-0.1, -0.05) is 184 Å². The van der Waals surface area contributed by atoms with Gasteiger partial charge >= 0.3 is 16.4 Å². The molecule has 67 heavy (non-hydrogen) atoms. The van der Waals surface area contributed by atoms with Crippen molar-refractivity contribution in [3.8, 4) is 0 Å². The summed E-state index contributed by atoms with van der Waals surface area (Å²) in [5, 5.41) is 30.8. The van der Waals surface area contributed by atoms with Crippen LogP contribution in [-0.4, -0.2) is 97.5 Å². The number of carbonyl (C=O) groups excluding carboxylic acids is 1. The summed E-state index contributed by atoms with van der Waals surface area (Å²) >= 11 is 0. The SMILES string of the molecule is CCCCCC/C=C\C/C=C\CCCCCCCCCCOCC(COC1OC(CO)C(O)C(OS(=O)(=O)O)C1O)OC(=O)CCCCCCCC/C=C\C/C=C\C/C=C\CCCCCCC. The zero-order valence-corrected chi connectivity index (χ0v) is 42.8. The van der Waals surface area contributed by atoms with Crippen LogP contribution < -0.4 is 0 Å². The third-order valence-corrected chi connectivity index (χ3v) is 12.3. The Hall–Kier alpha value is -2.20. The monoisotopic (exact) mass is 969 g/mol. The first kappa shape index (κ1) is 62.8. The first-order chi connectivity index (χ1) is 32.6. The van der Waals surface area contributed by atoms with Crippen LogP contribution in [0.2, 0.25) is 0 Å². The van der Waals surface area contributed by atoms with E-state index in [4.69, 9.17) is 18.9 Å². The molecule has 0 saturated carbocycles. The van der Waals surface area contributed by atoms with Crippen LogP contribution in [0.4, 0.5) is 0 Å². The van der Waals surface area contributed by atoms with Crippen LogP contribution in [0.3, 0.4) is 0 Å². The molecule has 1 aliphatic rings. The molecule has 1 heterocycles. The van der Waals surface area contributed by atoms with Crippen LogP contribution in [0.5, 0.6) is 0 Å². The number of esters is 1. The highest BCUT2D eigenvalue weighted by Crippen LogP contribution is 2.26. The summed E-state index contributed by atoms with van der Waals surface area (Å²) in [6.07, 6.45) is 48.1. The lowest BCUT2D eigenvalue weighted by Crippen LogP contribution is -2.60. The molecule has 0 aliphatic carbocycles. The molecule has 0 radical (unpaired) electrons. The van der Waals surface area contributed by atoms with E-state index in [2.05, 4.69) is 78.8 Å². The van der Waals surface area contributed by atoms with Crippen molar-refractivity contribution in [3.05, 3.63) is 60.8 Å². The largest absolute Gasteiger partial charge is 0.457 e. The average molecular weight is 969 g/mol. The van der Waals surface area contributed by atoms with Crippen LogP contribution in [0.25, 0.3) is 0 Å². The molecule has 4 N–H and O–H groups in total. The van der Waals surface area contributed by atoms with E-state index in [1.54, 1.807) is 0 Å². The lowest BCUT2D eigenvalue weighted by molar-refractivity contribution is -0.301. The van der Waals surface area contributed by atoms with Crippen molar-refractivity contribution in [1.82, 2.24) is 0 Å². The van der Waals surface area contributed by atoms with Gasteiger partial charge in [-0.15, -0.1) is 0 Å². The van der Waals surface area contributed by atoms with Gasteiger partial charge in [0.1, 0.15) is 30.5 Å². The third kappa shape index (κ3) is 38.3. The molecule has 6 unspecified atom stereocenters. The van der Waals surface area contributed by atoms with Gasteiger partial charge < -0.3 is 34.3 Å². The summed E-state index contributed by atoms with van der Waals surface area (Å²) in [6, 6.07) is 0. The Kier molecular flexibility index (Phi) is 42.2. The maximum Gasteiger partial charge on any atom is 0.397 e. The average Bonchev–Trinajstić information content (AvgIpc) is 3.30. The summed E-state index contributed by atoms with van der Waals surface area (Å²) in [6.45, 7) is 3.95. The minimum Gasteiger partial charge on any atom is -0.457 e. The topological polar surface area (TPSA) is 178 Å². The molecule has 0 amide bonds. The summed E-state index contributed by atoms with van der Waals surface area (Å²) in [5.74, 6) is -0.414. The maximum absolute atomic E-state index is 12.9. The molecule has 0 aromatic heterocycles. The number of carbonyl (C=O) groups is 1. The number of hydrogen-bond donors (Lipinski definition) is 4. The van der Waals surface area contributed by atoms with Gasteiger partial charge in [-0.2, -0.15) is 8.42 Å². The number of hydrogen-bond acceptors (Lipinski definition) is 11. The fourth-order valence-corrected chi connectivity index (χ4v) is 8.34. The Labute approximate surface area is 408 Å². The van der Waals surface area contributed by atoms with E-state index in [1.165, 1.54) is 103 Å². The predicted molar refractivity (Wildman–Crippen MR) is 271 cm³/mol. The first-order valence-electron chi connectivity index (χ1n) is 26.5. The third-order valence-electron chi connectivity index (χ3n) is 11.9. The predicted octanol–water partition coefficient (Wildman–Crippen LogP) is 12.5. The van der Waals surface area contributed by atoms with Gasteiger partial charge in [0, 0.05) is 13.0 Å². The molecular formula is C54H96O12S. The molecule has 1 saturated heterocycles. The minimum absolute atomic E-state index is 0.0245. The van der Waals surface area contributed by atoms with E-state index in [0.717, 1.165) is 83.5 Å². The van der Waals surface area contributed by atoms with Crippen molar-refractivity contribution in [1.29, 1.82) is 0 Å². The second-order valence-electron chi connectivity index (χ2n) is 18.1. The van der Waals surface area contributed by atoms with Crippen LogP contribution in [0.15, 0.2) is 60.8 Å². The number of aliphatic hydroxyl groups is 3. The minimum atomic E-state index is -5.07. The van der Waals surface area contributed by atoms with E-state index >= 15 is 0 Å². The Morgan fingerprint density at radius 1 is 0.567 bits per heavy atom. The zero-order valence-electron chi connectivity index (χ0n) is 41.9. The highest BCUT2D eigenvalue weighted by atomic mass is 32.3.